The standard InChI is InChI=1S/C77H138O6/c1-4-7-10-13-16-19-22-25-27-29-30-31-32-33-34-35-36-37-38-39-40-41-42-43-44-45-46-48-49-52-55-58-61-64-67-70-76(79)82-73-74(72-81-75(78)69-66-63-60-57-54-51-24-21-18-15-12-9-6-3)83-77(80)71-68-65-62-59-56-53-50-47-28-26-23-20-17-14-11-8-5-2/h9,12,18,21,26,28-30,51,54,60,63,74H,4-8,10-11,13-17,19-20,22-25,27,31-50,52-53,55-59,61-62,64-73H2,1-3H3/b12-9-,21-18-,28-26-,30-29-,54-51-,63-60-. The van der Waals surface area contributed by atoms with Crippen LogP contribution in [0.2, 0.25) is 0 Å². The molecule has 0 spiro atoms. The maximum atomic E-state index is 12.9. The highest BCUT2D eigenvalue weighted by atomic mass is 16.6. The van der Waals surface area contributed by atoms with Crippen molar-refractivity contribution in [2.75, 3.05) is 13.2 Å². The molecule has 482 valence electrons. The number of esters is 3. The van der Waals surface area contributed by atoms with Crippen molar-refractivity contribution in [2.24, 2.45) is 0 Å². The second-order valence-electron chi connectivity index (χ2n) is 24.5. The van der Waals surface area contributed by atoms with Gasteiger partial charge in [0.25, 0.3) is 0 Å². The lowest BCUT2D eigenvalue weighted by Gasteiger charge is -2.18. The summed E-state index contributed by atoms with van der Waals surface area (Å²) in [5, 5.41) is 0. The molecule has 0 aliphatic heterocycles. The van der Waals surface area contributed by atoms with Gasteiger partial charge in [-0.1, -0.05) is 338 Å². The highest BCUT2D eigenvalue weighted by molar-refractivity contribution is 5.71. The van der Waals surface area contributed by atoms with Crippen LogP contribution in [0, 0.1) is 0 Å². The monoisotopic (exact) mass is 1160 g/mol. The zero-order valence-corrected chi connectivity index (χ0v) is 55.5. The van der Waals surface area contributed by atoms with E-state index >= 15 is 0 Å². The topological polar surface area (TPSA) is 78.9 Å². The fraction of sp³-hybridized carbons (Fsp3) is 0.805. The quantitative estimate of drug-likeness (QED) is 0.0261. The first kappa shape index (κ1) is 79.8. The molecule has 0 amide bonds. The maximum absolute atomic E-state index is 12.9. The van der Waals surface area contributed by atoms with Crippen LogP contribution >= 0.6 is 0 Å². The van der Waals surface area contributed by atoms with E-state index < -0.39 is 6.10 Å². The van der Waals surface area contributed by atoms with Crippen molar-refractivity contribution in [3.8, 4) is 0 Å². The molecule has 0 bridgehead atoms. The SMILES string of the molecule is CC/C=C\C/C=C\C/C=C\C/C=C\CCC(=O)OCC(COC(=O)CCCCCCCCCCCCCCCCCCCCCCCCC/C=C\CCCCCCCCCC)OC(=O)CCCCCCCCC/C=C\CCCCCCCC. The first-order chi connectivity index (χ1) is 41.0. The number of ether oxygens (including phenoxy) is 3. The van der Waals surface area contributed by atoms with Crippen LogP contribution in [0.25, 0.3) is 0 Å². The molecular formula is C77H138O6. The summed E-state index contributed by atoms with van der Waals surface area (Å²) in [7, 11) is 0. The van der Waals surface area contributed by atoms with Crippen molar-refractivity contribution in [3.05, 3.63) is 72.9 Å². The average molecular weight is 1160 g/mol. The van der Waals surface area contributed by atoms with Crippen molar-refractivity contribution in [1.29, 1.82) is 0 Å². The van der Waals surface area contributed by atoms with Gasteiger partial charge in [-0.15, -0.1) is 0 Å². The van der Waals surface area contributed by atoms with E-state index in [1.54, 1.807) is 0 Å². The largest absolute Gasteiger partial charge is 0.462 e. The zero-order valence-electron chi connectivity index (χ0n) is 55.5. The van der Waals surface area contributed by atoms with Crippen molar-refractivity contribution in [2.45, 2.75) is 386 Å². The third-order valence-electron chi connectivity index (χ3n) is 16.2. The van der Waals surface area contributed by atoms with Crippen LogP contribution in [-0.2, 0) is 28.6 Å². The van der Waals surface area contributed by atoms with Gasteiger partial charge in [-0.3, -0.25) is 14.4 Å². The second kappa shape index (κ2) is 71.3. The minimum atomic E-state index is -0.806. The summed E-state index contributed by atoms with van der Waals surface area (Å²) in [6.07, 6.45) is 94.1. The highest BCUT2D eigenvalue weighted by Crippen LogP contribution is 2.18. The molecule has 0 heterocycles. The Morgan fingerprint density at radius 2 is 0.494 bits per heavy atom. The lowest BCUT2D eigenvalue weighted by molar-refractivity contribution is -0.166. The highest BCUT2D eigenvalue weighted by Gasteiger charge is 2.19. The Hall–Kier alpha value is -3.15. The van der Waals surface area contributed by atoms with E-state index in [4.69, 9.17) is 14.2 Å². The Morgan fingerprint density at radius 3 is 0.807 bits per heavy atom. The summed E-state index contributed by atoms with van der Waals surface area (Å²) in [6.45, 7) is 6.50. The number of allylic oxidation sites excluding steroid dienone is 12. The van der Waals surface area contributed by atoms with Gasteiger partial charge >= 0.3 is 17.9 Å². The van der Waals surface area contributed by atoms with E-state index in [0.717, 1.165) is 64.2 Å². The Bertz CT molecular complexity index is 1520. The Balaban J connectivity index is 4.11. The number of hydrogen-bond donors (Lipinski definition) is 0. The molecule has 0 aliphatic rings. The molecule has 0 N–H and O–H groups in total. The van der Waals surface area contributed by atoms with E-state index in [1.807, 2.05) is 6.08 Å². The lowest BCUT2D eigenvalue weighted by Crippen LogP contribution is -2.30. The Kier molecular flexibility index (Phi) is 68.6. The fourth-order valence-corrected chi connectivity index (χ4v) is 10.7. The third-order valence-corrected chi connectivity index (χ3v) is 16.2. The predicted octanol–water partition coefficient (Wildman–Crippen LogP) is 25.2. The average Bonchev–Trinajstić information content (AvgIpc) is 3.49. The molecule has 1 atom stereocenters. The van der Waals surface area contributed by atoms with Gasteiger partial charge < -0.3 is 14.2 Å². The molecule has 0 radical (unpaired) electrons. The van der Waals surface area contributed by atoms with Gasteiger partial charge in [0.1, 0.15) is 13.2 Å². The molecule has 0 fully saturated rings. The molecule has 6 heteroatoms. The van der Waals surface area contributed by atoms with Crippen LogP contribution in [-0.4, -0.2) is 37.2 Å². The van der Waals surface area contributed by atoms with Gasteiger partial charge in [0.05, 0.1) is 0 Å². The lowest BCUT2D eigenvalue weighted by atomic mass is 10.0. The Morgan fingerprint density at radius 1 is 0.253 bits per heavy atom. The normalized spacial score (nSPS) is 12.5. The minimum absolute atomic E-state index is 0.0958. The molecular weight excluding hydrogens is 1020 g/mol. The molecule has 1 unspecified atom stereocenters. The minimum Gasteiger partial charge on any atom is -0.462 e. The van der Waals surface area contributed by atoms with Crippen LogP contribution in [0.5, 0.6) is 0 Å². The van der Waals surface area contributed by atoms with Gasteiger partial charge in [0.15, 0.2) is 6.10 Å². The zero-order chi connectivity index (χ0) is 59.9. The van der Waals surface area contributed by atoms with E-state index in [1.165, 1.54) is 270 Å². The molecule has 0 aromatic carbocycles. The molecule has 0 saturated heterocycles. The summed E-state index contributed by atoms with van der Waals surface area (Å²) in [5.41, 5.74) is 0. The third kappa shape index (κ3) is 69.5. The van der Waals surface area contributed by atoms with Gasteiger partial charge in [0, 0.05) is 19.3 Å². The van der Waals surface area contributed by atoms with Gasteiger partial charge in [-0.05, 0) is 96.3 Å². The molecule has 0 saturated carbocycles. The molecule has 0 aliphatic carbocycles. The predicted molar refractivity (Wildman–Crippen MR) is 362 cm³/mol. The fourth-order valence-electron chi connectivity index (χ4n) is 10.7. The van der Waals surface area contributed by atoms with Crippen molar-refractivity contribution < 1.29 is 28.6 Å². The van der Waals surface area contributed by atoms with Gasteiger partial charge in [-0.25, -0.2) is 0 Å². The van der Waals surface area contributed by atoms with Crippen LogP contribution in [0.3, 0.4) is 0 Å². The van der Waals surface area contributed by atoms with Crippen molar-refractivity contribution in [3.63, 3.8) is 0 Å². The van der Waals surface area contributed by atoms with Crippen molar-refractivity contribution >= 4 is 17.9 Å². The first-order valence-electron chi connectivity index (χ1n) is 36.4. The molecule has 6 nitrogen and oxygen atoms in total. The summed E-state index contributed by atoms with van der Waals surface area (Å²) in [6, 6.07) is 0. The van der Waals surface area contributed by atoms with E-state index in [9.17, 15) is 14.4 Å². The van der Waals surface area contributed by atoms with E-state index in [-0.39, 0.29) is 37.5 Å². The molecule has 83 heavy (non-hydrogen) atoms. The van der Waals surface area contributed by atoms with E-state index in [2.05, 4.69) is 87.6 Å². The number of carbonyl (C=O) groups is 3. The molecule has 0 rings (SSSR count). The van der Waals surface area contributed by atoms with Gasteiger partial charge in [0.2, 0.25) is 0 Å². The summed E-state index contributed by atoms with van der Waals surface area (Å²) in [5.74, 6) is -0.967. The second-order valence-corrected chi connectivity index (χ2v) is 24.5. The number of rotatable bonds is 67. The molecule has 0 aromatic heterocycles. The van der Waals surface area contributed by atoms with Crippen LogP contribution in [0.4, 0.5) is 0 Å². The Labute approximate surface area is 516 Å². The first-order valence-corrected chi connectivity index (χ1v) is 36.4. The molecule has 0 aromatic rings. The smallest absolute Gasteiger partial charge is 0.306 e. The van der Waals surface area contributed by atoms with Crippen LogP contribution in [0.15, 0.2) is 72.9 Å². The van der Waals surface area contributed by atoms with Crippen LogP contribution < -0.4 is 0 Å². The maximum Gasteiger partial charge on any atom is 0.306 e. The summed E-state index contributed by atoms with van der Waals surface area (Å²) in [4.78, 5) is 38.3. The van der Waals surface area contributed by atoms with E-state index in [0.29, 0.717) is 19.3 Å². The van der Waals surface area contributed by atoms with Crippen LogP contribution in [0.1, 0.15) is 380 Å². The number of hydrogen-bond acceptors (Lipinski definition) is 6. The summed E-state index contributed by atoms with van der Waals surface area (Å²) < 4.78 is 16.9. The van der Waals surface area contributed by atoms with Crippen molar-refractivity contribution in [1.82, 2.24) is 0 Å². The number of unbranched alkanes of at least 4 members (excludes halogenated alkanes) is 44. The summed E-state index contributed by atoms with van der Waals surface area (Å²) >= 11 is 0. The number of carbonyl (C=O) groups excluding carboxylic acids is 3. The van der Waals surface area contributed by atoms with Gasteiger partial charge in [-0.2, -0.15) is 0 Å².